The second-order valence-corrected chi connectivity index (χ2v) is 5.89. The molecule has 1 aliphatic carbocycles. The van der Waals surface area contributed by atoms with Gasteiger partial charge in [-0.2, -0.15) is 0 Å². The quantitative estimate of drug-likeness (QED) is 0.833. The maximum Gasteiger partial charge on any atom is 0.330 e. The van der Waals surface area contributed by atoms with Gasteiger partial charge in [0.1, 0.15) is 11.4 Å². The van der Waals surface area contributed by atoms with Gasteiger partial charge in [0.05, 0.1) is 5.52 Å². The summed E-state index contributed by atoms with van der Waals surface area (Å²) in [6, 6.07) is 7.41. The highest BCUT2D eigenvalue weighted by Gasteiger charge is 2.43. The van der Waals surface area contributed by atoms with E-state index in [-0.39, 0.29) is 4.77 Å². The number of rotatable bonds is 2. The number of aliphatic carboxylic acids is 1. The summed E-state index contributed by atoms with van der Waals surface area (Å²) in [6.45, 7) is 0. The Hall–Kier alpha value is -1.95. The third-order valence-electron chi connectivity index (χ3n) is 4.34. The van der Waals surface area contributed by atoms with Crippen LogP contribution >= 0.6 is 12.2 Å². The highest BCUT2D eigenvalue weighted by molar-refractivity contribution is 7.71. The summed E-state index contributed by atoms with van der Waals surface area (Å²) in [6.07, 6.45) is 3.85. The molecule has 1 aliphatic rings. The summed E-state index contributed by atoms with van der Waals surface area (Å²) in [7, 11) is 0. The standard InChI is InChI=1S/C15H17N3O2S/c16-12-10-6-2-3-7-11(10)17-14(21)18(12)15(13(19)20)8-4-1-5-9-15/h2-3,6-7H,1,4-5,8-9,16H2,(H,19,20). The van der Waals surface area contributed by atoms with E-state index in [0.717, 1.165) is 24.6 Å². The highest BCUT2D eigenvalue weighted by Crippen LogP contribution is 2.38. The number of nitrogens with two attached hydrogens (primary N) is 1. The number of benzene rings is 1. The number of hydrogen-bond acceptors (Lipinski definition) is 4. The fourth-order valence-electron chi connectivity index (χ4n) is 3.25. The third kappa shape index (κ3) is 2.10. The fourth-order valence-corrected chi connectivity index (χ4v) is 3.62. The van der Waals surface area contributed by atoms with Gasteiger partial charge in [0.2, 0.25) is 4.77 Å². The maximum atomic E-state index is 12.0. The van der Waals surface area contributed by atoms with E-state index in [9.17, 15) is 9.90 Å². The van der Waals surface area contributed by atoms with Crippen molar-refractivity contribution >= 4 is 34.9 Å². The molecule has 1 aromatic heterocycles. The average Bonchev–Trinajstić information content (AvgIpc) is 2.48. The van der Waals surface area contributed by atoms with E-state index in [1.165, 1.54) is 0 Å². The molecule has 0 saturated heterocycles. The van der Waals surface area contributed by atoms with Crippen molar-refractivity contribution < 1.29 is 9.90 Å². The van der Waals surface area contributed by atoms with Gasteiger partial charge in [-0.25, -0.2) is 9.78 Å². The summed E-state index contributed by atoms with van der Waals surface area (Å²) in [5, 5.41) is 10.6. The van der Waals surface area contributed by atoms with Crippen molar-refractivity contribution in [2.24, 2.45) is 0 Å². The van der Waals surface area contributed by atoms with Gasteiger partial charge >= 0.3 is 5.97 Å². The molecule has 21 heavy (non-hydrogen) atoms. The predicted molar refractivity (Wildman–Crippen MR) is 83.7 cm³/mol. The SMILES string of the molecule is Nc1c2ccccc2nc(=S)n1C1(C(=O)O)CCCCC1. The lowest BCUT2D eigenvalue weighted by Gasteiger charge is -2.36. The summed E-state index contributed by atoms with van der Waals surface area (Å²) < 4.78 is 1.81. The Kier molecular flexibility index (Phi) is 3.41. The molecule has 1 saturated carbocycles. The minimum Gasteiger partial charge on any atom is -0.479 e. The molecule has 0 aliphatic heterocycles. The van der Waals surface area contributed by atoms with E-state index < -0.39 is 11.5 Å². The third-order valence-corrected chi connectivity index (χ3v) is 4.61. The van der Waals surface area contributed by atoms with E-state index >= 15 is 0 Å². The Morgan fingerprint density at radius 1 is 1.29 bits per heavy atom. The Morgan fingerprint density at radius 2 is 1.95 bits per heavy atom. The molecular formula is C15H17N3O2S. The topological polar surface area (TPSA) is 81.1 Å². The second kappa shape index (κ2) is 5.11. The summed E-state index contributed by atoms with van der Waals surface area (Å²) in [5.41, 5.74) is 5.91. The number of anilines is 1. The minimum atomic E-state index is -1.06. The zero-order valence-corrected chi connectivity index (χ0v) is 12.4. The van der Waals surface area contributed by atoms with E-state index in [2.05, 4.69) is 4.98 Å². The first-order valence-electron chi connectivity index (χ1n) is 7.07. The Balaban J connectivity index is 2.32. The maximum absolute atomic E-state index is 12.0. The minimum absolute atomic E-state index is 0.246. The van der Waals surface area contributed by atoms with Crippen LogP contribution in [0.25, 0.3) is 10.9 Å². The molecule has 0 bridgehead atoms. The van der Waals surface area contributed by atoms with E-state index in [0.29, 0.717) is 24.2 Å². The van der Waals surface area contributed by atoms with Gasteiger partial charge in [-0.3, -0.25) is 4.57 Å². The van der Waals surface area contributed by atoms with Crippen LogP contribution in [-0.4, -0.2) is 20.6 Å². The summed E-state index contributed by atoms with van der Waals surface area (Å²) in [4.78, 5) is 16.3. The predicted octanol–water partition coefficient (Wildman–Crippen LogP) is 3.09. The van der Waals surface area contributed by atoms with Crippen LogP contribution in [0.3, 0.4) is 0 Å². The molecular weight excluding hydrogens is 286 g/mol. The molecule has 0 radical (unpaired) electrons. The summed E-state index contributed by atoms with van der Waals surface area (Å²) >= 11 is 5.35. The van der Waals surface area contributed by atoms with Crippen molar-refractivity contribution in [1.82, 2.24) is 9.55 Å². The molecule has 1 aromatic carbocycles. The van der Waals surface area contributed by atoms with Gasteiger partial charge in [0.15, 0.2) is 0 Å². The fraction of sp³-hybridized carbons (Fsp3) is 0.400. The average molecular weight is 303 g/mol. The van der Waals surface area contributed by atoms with E-state index in [1.807, 2.05) is 24.3 Å². The zero-order chi connectivity index (χ0) is 15.0. The number of carbonyl (C=O) groups is 1. The first-order chi connectivity index (χ1) is 10.1. The van der Waals surface area contributed by atoms with E-state index in [1.54, 1.807) is 4.57 Å². The molecule has 110 valence electrons. The number of carboxylic acid groups (broad SMARTS) is 1. The largest absolute Gasteiger partial charge is 0.479 e. The smallest absolute Gasteiger partial charge is 0.330 e. The first-order valence-corrected chi connectivity index (χ1v) is 7.48. The Labute approximate surface area is 127 Å². The molecule has 6 heteroatoms. The van der Waals surface area contributed by atoms with Gasteiger partial charge in [0.25, 0.3) is 0 Å². The van der Waals surface area contributed by atoms with Gasteiger partial charge in [-0.1, -0.05) is 31.4 Å². The highest BCUT2D eigenvalue weighted by atomic mass is 32.1. The molecule has 1 heterocycles. The van der Waals surface area contributed by atoms with Crippen molar-refractivity contribution in [3.05, 3.63) is 29.0 Å². The normalized spacial score (nSPS) is 17.7. The van der Waals surface area contributed by atoms with Crippen molar-refractivity contribution in [3.63, 3.8) is 0 Å². The van der Waals surface area contributed by atoms with Gasteiger partial charge in [-0.05, 0) is 37.2 Å². The van der Waals surface area contributed by atoms with Crippen LogP contribution < -0.4 is 5.73 Å². The number of nitrogen functional groups attached to an aromatic ring is 1. The van der Waals surface area contributed by atoms with Crippen molar-refractivity contribution in [2.75, 3.05) is 5.73 Å². The molecule has 3 N–H and O–H groups in total. The summed E-state index contributed by atoms with van der Waals surface area (Å²) in [5.74, 6) is -0.475. The molecule has 2 aromatic rings. The van der Waals surface area contributed by atoms with E-state index in [4.69, 9.17) is 18.0 Å². The monoisotopic (exact) mass is 303 g/mol. The van der Waals surface area contributed by atoms with Crippen molar-refractivity contribution in [2.45, 2.75) is 37.6 Å². The number of hydrogen-bond donors (Lipinski definition) is 2. The number of carboxylic acids is 1. The molecule has 3 rings (SSSR count). The van der Waals surface area contributed by atoms with Crippen molar-refractivity contribution in [1.29, 1.82) is 0 Å². The van der Waals surface area contributed by atoms with Crippen LogP contribution in [0.1, 0.15) is 32.1 Å². The number of aromatic nitrogens is 2. The molecule has 5 nitrogen and oxygen atoms in total. The van der Waals surface area contributed by atoms with Crippen LogP contribution in [0, 0.1) is 4.77 Å². The first kappa shape index (κ1) is 14.0. The van der Waals surface area contributed by atoms with Gasteiger partial charge in [0, 0.05) is 5.39 Å². The number of para-hydroxylation sites is 1. The zero-order valence-electron chi connectivity index (χ0n) is 11.6. The van der Waals surface area contributed by atoms with Crippen LogP contribution in [0.2, 0.25) is 0 Å². The van der Waals surface area contributed by atoms with Crippen LogP contribution in [0.4, 0.5) is 5.82 Å². The Morgan fingerprint density at radius 3 is 2.62 bits per heavy atom. The van der Waals surface area contributed by atoms with Gasteiger partial charge in [-0.15, -0.1) is 0 Å². The molecule has 0 amide bonds. The molecule has 1 fully saturated rings. The molecule has 0 spiro atoms. The Bertz CT molecular complexity index is 763. The lowest BCUT2D eigenvalue weighted by Crippen LogP contribution is -2.45. The van der Waals surface area contributed by atoms with Gasteiger partial charge < -0.3 is 10.8 Å². The van der Waals surface area contributed by atoms with Crippen LogP contribution in [-0.2, 0) is 10.3 Å². The second-order valence-electron chi connectivity index (χ2n) is 5.53. The molecule has 0 atom stereocenters. The lowest BCUT2D eigenvalue weighted by atomic mass is 9.81. The lowest BCUT2D eigenvalue weighted by molar-refractivity contribution is -0.149. The number of nitrogens with zero attached hydrogens (tertiary/aromatic N) is 2. The number of fused-ring (bicyclic) bond motifs is 1. The van der Waals surface area contributed by atoms with Crippen molar-refractivity contribution in [3.8, 4) is 0 Å². The molecule has 0 unspecified atom stereocenters. The van der Waals surface area contributed by atoms with Crippen LogP contribution in [0.5, 0.6) is 0 Å². The van der Waals surface area contributed by atoms with Crippen LogP contribution in [0.15, 0.2) is 24.3 Å².